The van der Waals surface area contributed by atoms with Crippen molar-refractivity contribution in [3.63, 3.8) is 0 Å². The molecule has 4 nitrogen and oxygen atoms in total. The molecule has 0 aliphatic carbocycles. The van der Waals surface area contributed by atoms with Crippen molar-refractivity contribution in [1.82, 2.24) is 4.98 Å². The van der Waals surface area contributed by atoms with Crippen molar-refractivity contribution in [2.45, 2.75) is 6.92 Å². The number of nitrogens with one attached hydrogen (secondary N) is 1. The first-order valence-electron chi connectivity index (χ1n) is 5.24. The number of amides is 1. The number of anilines is 2. The summed E-state index contributed by atoms with van der Waals surface area (Å²) in [5.41, 5.74) is 8.46. The van der Waals surface area contributed by atoms with Gasteiger partial charge in [0.05, 0.1) is 11.9 Å². The molecule has 0 bridgehead atoms. The van der Waals surface area contributed by atoms with Crippen LogP contribution in [0.5, 0.6) is 0 Å². The predicted octanol–water partition coefficient (Wildman–Crippen LogP) is 2.22. The molecule has 1 aromatic heterocycles. The molecule has 0 spiro atoms. The highest BCUT2D eigenvalue weighted by molar-refractivity contribution is 6.04. The summed E-state index contributed by atoms with van der Waals surface area (Å²) in [5.74, 6) is -0.166. The fraction of sp³-hybridized carbons (Fsp3) is 0.0769. The summed E-state index contributed by atoms with van der Waals surface area (Å²) in [6, 6.07) is 8.63. The van der Waals surface area contributed by atoms with Crippen LogP contribution in [0.3, 0.4) is 0 Å². The summed E-state index contributed by atoms with van der Waals surface area (Å²) < 4.78 is 0. The van der Waals surface area contributed by atoms with Crippen molar-refractivity contribution < 1.29 is 4.79 Å². The molecular weight excluding hydrogens is 214 g/mol. The number of nitrogen functional groups attached to an aromatic ring is 1. The van der Waals surface area contributed by atoms with Crippen molar-refractivity contribution in [3.8, 4) is 0 Å². The van der Waals surface area contributed by atoms with Gasteiger partial charge in [-0.1, -0.05) is 0 Å². The van der Waals surface area contributed by atoms with Gasteiger partial charge in [0, 0.05) is 17.4 Å². The summed E-state index contributed by atoms with van der Waals surface area (Å²) in [5, 5.41) is 2.80. The Kier molecular flexibility index (Phi) is 3.05. The van der Waals surface area contributed by atoms with E-state index in [2.05, 4.69) is 10.3 Å². The Morgan fingerprint density at radius 1 is 1.24 bits per heavy atom. The number of hydrogen-bond donors (Lipinski definition) is 2. The molecule has 0 fully saturated rings. The van der Waals surface area contributed by atoms with Crippen molar-refractivity contribution in [3.05, 3.63) is 53.9 Å². The molecule has 0 radical (unpaired) electrons. The van der Waals surface area contributed by atoms with Crippen LogP contribution in [0.25, 0.3) is 0 Å². The van der Waals surface area contributed by atoms with Crippen molar-refractivity contribution in [2.75, 3.05) is 11.1 Å². The maximum atomic E-state index is 11.9. The van der Waals surface area contributed by atoms with E-state index < -0.39 is 0 Å². The van der Waals surface area contributed by atoms with Gasteiger partial charge < -0.3 is 11.1 Å². The van der Waals surface area contributed by atoms with Gasteiger partial charge in [-0.25, -0.2) is 0 Å². The first kappa shape index (κ1) is 11.1. The first-order chi connectivity index (χ1) is 8.16. The molecule has 3 N–H and O–H groups in total. The number of pyridine rings is 1. The SMILES string of the molecule is Cc1ccncc1NC(=O)c1ccc(N)cc1. The van der Waals surface area contributed by atoms with Gasteiger partial charge in [0.15, 0.2) is 0 Å². The fourth-order valence-electron chi connectivity index (χ4n) is 1.42. The highest BCUT2D eigenvalue weighted by Gasteiger charge is 2.06. The minimum absolute atomic E-state index is 0.166. The van der Waals surface area contributed by atoms with Crippen LogP contribution < -0.4 is 11.1 Å². The van der Waals surface area contributed by atoms with Crippen molar-refractivity contribution >= 4 is 17.3 Å². The molecule has 0 aliphatic heterocycles. The minimum atomic E-state index is -0.166. The molecule has 17 heavy (non-hydrogen) atoms. The number of benzene rings is 1. The minimum Gasteiger partial charge on any atom is -0.399 e. The third-order valence-electron chi connectivity index (χ3n) is 2.46. The van der Waals surface area contributed by atoms with Crippen molar-refractivity contribution in [1.29, 1.82) is 0 Å². The predicted molar refractivity (Wildman–Crippen MR) is 67.8 cm³/mol. The van der Waals surface area contributed by atoms with E-state index in [0.29, 0.717) is 16.9 Å². The van der Waals surface area contributed by atoms with Gasteiger partial charge in [0.1, 0.15) is 0 Å². The van der Waals surface area contributed by atoms with Crippen LogP contribution in [0.1, 0.15) is 15.9 Å². The Hall–Kier alpha value is -2.36. The molecular formula is C13H13N3O. The lowest BCUT2D eigenvalue weighted by Crippen LogP contribution is -2.12. The topological polar surface area (TPSA) is 68.0 Å². The lowest BCUT2D eigenvalue weighted by molar-refractivity contribution is 0.102. The van der Waals surface area contributed by atoms with Crippen LogP contribution in [0, 0.1) is 6.92 Å². The molecule has 1 amide bonds. The average Bonchev–Trinajstić information content (AvgIpc) is 2.33. The zero-order chi connectivity index (χ0) is 12.3. The number of aromatic nitrogens is 1. The monoisotopic (exact) mass is 227 g/mol. The number of carbonyl (C=O) groups is 1. The number of hydrogen-bond acceptors (Lipinski definition) is 3. The van der Waals surface area contributed by atoms with Gasteiger partial charge in [-0.2, -0.15) is 0 Å². The number of nitrogens with zero attached hydrogens (tertiary/aromatic N) is 1. The van der Waals surface area contributed by atoms with Crippen LogP contribution in [-0.4, -0.2) is 10.9 Å². The average molecular weight is 227 g/mol. The van der Waals surface area contributed by atoms with Gasteiger partial charge >= 0.3 is 0 Å². The Labute approximate surface area is 99.5 Å². The third-order valence-corrected chi connectivity index (χ3v) is 2.46. The van der Waals surface area contributed by atoms with E-state index in [4.69, 9.17) is 5.73 Å². The molecule has 2 rings (SSSR count). The van der Waals surface area contributed by atoms with Crippen LogP contribution in [-0.2, 0) is 0 Å². The summed E-state index contributed by atoms with van der Waals surface area (Å²) in [6.07, 6.45) is 3.32. The summed E-state index contributed by atoms with van der Waals surface area (Å²) in [7, 11) is 0. The zero-order valence-corrected chi connectivity index (χ0v) is 9.47. The number of nitrogens with two attached hydrogens (primary N) is 1. The Bertz CT molecular complexity index is 535. The summed E-state index contributed by atoms with van der Waals surface area (Å²) >= 11 is 0. The number of rotatable bonds is 2. The molecule has 86 valence electrons. The van der Waals surface area contributed by atoms with Gasteiger partial charge in [0.2, 0.25) is 0 Å². The van der Waals surface area contributed by atoms with Crippen LogP contribution in [0.2, 0.25) is 0 Å². The van der Waals surface area contributed by atoms with E-state index in [1.165, 1.54) is 0 Å². The van der Waals surface area contributed by atoms with E-state index >= 15 is 0 Å². The van der Waals surface area contributed by atoms with E-state index in [1.54, 1.807) is 36.7 Å². The highest BCUT2D eigenvalue weighted by Crippen LogP contribution is 2.13. The second-order valence-electron chi connectivity index (χ2n) is 3.77. The Morgan fingerprint density at radius 3 is 2.59 bits per heavy atom. The first-order valence-corrected chi connectivity index (χ1v) is 5.24. The fourth-order valence-corrected chi connectivity index (χ4v) is 1.42. The molecule has 0 saturated carbocycles. The molecule has 4 heteroatoms. The molecule has 0 aliphatic rings. The normalized spacial score (nSPS) is 9.94. The molecule has 1 heterocycles. The van der Waals surface area contributed by atoms with Gasteiger partial charge in [-0.05, 0) is 42.8 Å². The Morgan fingerprint density at radius 2 is 1.94 bits per heavy atom. The summed E-state index contributed by atoms with van der Waals surface area (Å²) in [6.45, 7) is 1.92. The second kappa shape index (κ2) is 4.65. The van der Waals surface area contributed by atoms with Crippen LogP contribution in [0.15, 0.2) is 42.7 Å². The van der Waals surface area contributed by atoms with Crippen LogP contribution >= 0.6 is 0 Å². The number of aryl methyl sites for hydroxylation is 1. The number of carbonyl (C=O) groups excluding carboxylic acids is 1. The van der Waals surface area contributed by atoms with Gasteiger partial charge in [-0.3, -0.25) is 9.78 Å². The standard InChI is InChI=1S/C13H13N3O/c1-9-6-7-15-8-12(9)16-13(17)10-2-4-11(14)5-3-10/h2-8H,14H2,1H3,(H,16,17). The highest BCUT2D eigenvalue weighted by atomic mass is 16.1. The second-order valence-corrected chi connectivity index (χ2v) is 3.77. The lowest BCUT2D eigenvalue weighted by Gasteiger charge is -2.07. The molecule has 0 saturated heterocycles. The summed E-state index contributed by atoms with van der Waals surface area (Å²) in [4.78, 5) is 15.9. The maximum Gasteiger partial charge on any atom is 0.255 e. The van der Waals surface area contributed by atoms with E-state index in [-0.39, 0.29) is 5.91 Å². The van der Waals surface area contributed by atoms with Crippen LogP contribution in [0.4, 0.5) is 11.4 Å². The van der Waals surface area contributed by atoms with E-state index in [1.807, 2.05) is 13.0 Å². The molecule has 2 aromatic rings. The van der Waals surface area contributed by atoms with Crippen molar-refractivity contribution in [2.24, 2.45) is 0 Å². The zero-order valence-electron chi connectivity index (χ0n) is 9.47. The molecule has 0 unspecified atom stereocenters. The lowest BCUT2D eigenvalue weighted by atomic mass is 10.2. The molecule has 1 aromatic carbocycles. The smallest absolute Gasteiger partial charge is 0.255 e. The van der Waals surface area contributed by atoms with E-state index in [9.17, 15) is 4.79 Å². The van der Waals surface area contributed by atoms with E-state index in [0.717, 1.165) is 5.56 Å². The molecule has 0 atom stereocenters. The third kappa shape index (κ3) is 2.60. The maximum absolute atomic E-state index is 11.9. The quantitative estimate of drug-likeness (QED) is 0.773. The van der Waals surface area contributed by atoms with Gasteiger partial charge in [0.25, 0.3) is 5.91 Å². The Balaban J connectivity index is 2.17. The van der Waals surface area contributed by atoms with Gasteiger partial charge in [-0.15, -0.1) is 0 Å². The largest absolute Gasteiger partial charge is 0.399 e.